The van der Waals surface area contributed by atoms with Crippen molar-refractivity contribution in [1.29, 1.82) is 0 Å². The van der Waals surface area contributed by atoms with Crippen LogP contribution in [-0.4, -0.2) is 36.1 Å². The lowest BCUT2D eigenvalue weighted by Gasteiger charge is -2.37. The maximum atomic E-state index is 13.6. The number of fused-ring (bicyclic) bond motifs is 1. The number of aromatic nitrogens is 1. The maximum Gasteiger partial charge on any atom is 0.328 e. The lowest BCUT2D eigenvalue weighted by molar-refractivity contribution is -0.142. The summed E-state index contributed by atoms with van der Waals surface area (Å²) in [5.74, 6) is 1.32. The van der Waals surface area contributed by atoms with Gasteiger partial charge >= 0.3 is 5.97 Å². The van der Waals surface area contributed by atoms with E-state index in [1.807, 2.05) is 37.3 Å². The number of carbonyl (C=O) groups excluding carboxylic acids is 2. The average molecular weight is 617 g/mol. The zero-order chi connectivity index (χ0) is 31.4. The predicted octanol–water partition coefficient (Wildman–Crippen LogP) is 8.56. The molecular formula is C37H48N2O4S. The molecule has 3 aromatic rings. The van der Waals surface area contributed by atoms with Crippen LogP contribution in [0.15, 0.2) is 43.0 Å². The lowest BCUT2D eigenvalue weighted by atomic mass is 9.72. The second-order valence-electron chi connectivity index (χ2n) is 13.9. The number of methoxy groups -OCH3 is 1. The minimum Gasteiger partial charge on any atom is -0.490 e. The summed E-state index contributed by atoms with van der Waals surface area (Å²) in [6.07, 6.45) is 10.8. The van der Waals surface area contributed by atoms with Crippen LogP contribution in [0, 0.1) is 17.3 Å². The van der Waals surface area contributed by atoms with Crippen LogP contribution in [0.2, 0.25) is 0 Å². The average Bonchev–Trinajstić information content (AvgIpc) is 3.69. The Labute approximate surface area is 266 Å². The van der Waals surface area contributed by atoms with Crippen molar-refractivity contribution < 1.29 is 19.1 Å². The molecule has 1 amide bonds. The van der Waals surface area contributed by atoms with Crippen LogP contribution in [0.4, 0.5) is 0 Å². The highest BCUT2D eigenvalue weighted by atomic mass is 32.1. The molecule has 0 radical (unpaired) electrons. The largest absolute Gasteiger partial charge is 0.490 e. The van der Waals surface area contributed by atoms with Crippen molar-refractivity contribution in [2.45, 2.75) is 104 Å². The van der Waals surface area contributed by atoms with Gasteiger partial charge in [0.1, 0.15) is 17.5 Å². The van der Waals surface area contributed by atoms with E-state index in [2.05, 4.69) is 38.7 Å². The number of nitrogens with one attached hydrogen (secondary N) is 1. The molecule has 1 N–H and O–H groups in total. The third kappa shape index (κ3) is 7.90. The van der Waals surface area contributed by atoms with Gasteiger partial charge in [-0.1, -0.05) is 59.1 Å². The predicted molar refractivity (Wildman–Crippen MR) is 179 cm³/mol. The van der Waals surface area contributed by atoms with Crippen molar-refractivity contribution in [3.63, 3.8) is 0 Å². The lowest BCUT2D eigenvalue weighted by Crippen LogP contribution is -2.43. The molecule has 1 atom stereocenters. The Balaban J connectivity index is 1.37. The molecule has 0 spiro atoms. The Kier molecular flexibility index (Phi) is 10.1. The van der Waals surface area contributed by atoms with Gasteiger partial charge in [0.15, 0.2) is 0 Å². The highest BCUT2D eigenvalue weighted by molar-refractivity contribution is 7.13. The van der Waals surface area contributed by atoms with Gasteiger partial charge < -0.3 is 14.8 Å². The van der Waals surface area contributed by atoms with Crippen molar-refractivity contribution in [2.24, 2.45) is 17.3 Å². The van der Waals surface area contributed by atoms with E-state index in [9.17, 15) is 9.59 Å². The van der Waals surface area contributed by atoms with Crippen molar-refractivity contribution in [2.75, 3.05) is 7.11 Å². The summed E-state index contributed by atoms with van der Waals surface area (Å²) in [6, 6.07) is 11.2. The van der Waals surface area contributed by atoms with Gasteiger partial charge in [-0.2, -0.15) is 0 Å². The van der Waals surface area contributed by atoms with E-state index in [1.165, 1.54) is 45.6 Å². The van der Waals surface area contributed by atoms with Crippen LogP contribution < -0.4 is 10.1 Å². The third-order valence-corrected chi connectivity index (χ3v) is 10.8. The molecule has 0 aliphatic heterocycles. The summed E-state index contributed by atoms with van der Waals surface area (Å²) < 4.78 is 11.6. The second-order valence-corrected chi connectivity index (χ2v) is 15.1. The van der Waals surface area contributed by atoms with Crippen molar-refractivity contribution >= 4 is 39.6 Å². The van der Waals surface area contributed by atoms with E-state index < -0.39 is 12.0 Å². The summed E-state index contributed by atoms with van der Waals surface area (Å²) in [5, 5.41) is 4.92. The van der Waals surface area contributed by atoms with E-state index in [0.717, 1.165) is 62.7 Å². The van der Waals surface area contributed by atoms with Gasteiger partial charge in [0.2, 0.25) is 0 Å². The summed E-state index contributed by atoms with van der Waals surface area (Å²) >= 11 is 1.57. The number of ether oxygens (including phenoxy) is 2. The first kappa shape index (κ1) is 32.2. The number of allylic oxidation sites excluding steroid dienone is 1. The highest BCUT2D eigenvalue weighted by Crippen LogP contribution is 2.39. The van der Waals surface area contributed by atoms with Gasteiger partial charge in [-0.3, -0.25) is 4.79 Å². The molecule has 2 saturated carbocycles. The molecule has 44 heavy (non-hydrogen) atoms. The Morgan fingerprint density at radius 3 is 2.41 bits per heavy atom. The van der Waals surface area contributed by atoms with Crippen molar-refractivity contribution in [3.8, 4) is 5.75 Å². The Morgan fingerprint density at radius 1 is 1.05 bits per heavy atom. The SMILES string of the molecule is C=C(C)c1ccc(C[C@H](NC(=O)c2cc3ccc(OC4CCC(C(C)(C)C)CC4)cc3c(CC3CCCC3)n2)C(=O)OC)s1. The monoisotopic (exact) mass is 616 g/mol. The van der Waals surface area contributed by atoms with E-state index >= 15 is 0 Å². The summed E-state index contributed by atoms with van der Waals surface area (Å²) in [5.41, 5.74) is 2.56. The molecule has 2 aliphatic carbocycles. The molecule has 5 rings (SSSR count). The third-order valence-electron chi connectivity index (χ3n) is 9.55. The number of nitrogens with zero attached hydrogens (tertiary/aromatic N) is 1. The molecule has 2 aliphatic rings. The van der Waals surface area contributed by atoms with Gasteiger partial charge in [0.05, 0.1) is 13.2 Å². The van der Waals surface area contributed by atoms with Gasteiger partial charge in [-0.25, -0.2) is 9.78 Å². The fraction of sp³-hybridized carbons (Fsp3) is 0.541. The summed E-state index contributed by atoms with van der Waals surface area (Å²) in [4.78, 5) is 33.3. The number of amides is 1. The molecule has 2 aromatic heterocycles. The molecule has 0 saturated heterocycles. The molecule has 2 heterocycles. The quantitative estimate of drug-likeness (QED) is 0.231. The fourth-order valence-electron chi connectivity index (χ4n) is 6.85. The minimum absolute atomic E-state index is 0.229. The number of benzene rings is 1. The normalized spacial score (nSPS) is 19.9. The topological polar surface area (TPSA) is 77.5 Å². The van der Waals surface area contributed by atoms with E-state index in [0.29, 0.717) is 23.4 Å². The zero-order valence-electron chi connectivity index (χ0n) is 27.0. The van der Waals surface area contributed by atoms with Gasteiger partial charge in [-0.05, 0) is 97.6 Å². The number of esters is 1. The summed E-state index contributed by atoms with van der Waals surface area (Å²) in [6.45, 7) is 13.0. The van der Waals surface area contributed by atoms with E-state index in [4.69, 9.17) is 14.5 Å². The van der Waals surface area contributed by atoms with Crippen molar-refractivity contribution in [3.05, 3.63) is 64.1 Å². The zero-order valence-corrected chi connectivity index (χ0v) is 27.9. The Morgan fingerprint density at radius 2 is 1.77 bits per heavy atom. The Bertz CT molecular complexity index is 1490. The van der Waals surface area contributed by atoms with E-state index in [1.54, 1.807) is 11.3 Å². The number of hydrogen-bond donors (Lipinski definition) is 1. The van der Waals surface area contributed by atoms with Crippen LogP contribution in [-0.2, 0) is 22.4 Å². The first-order valence-corrected chi connectivity index (χ1v) is 17.1. The second kappa shape index (κ2) is 13.8. The van der Waals surface area contributed by atoms with Gasteiger partial charge in [-0.15, -0.1) is 11.3 Å². The number of rotatable bonds is 10. The standard InChI is InChI=1S/C37H48N2O4S/c1-23(2)34-18-17-29(44-34)22-33(36(41)42-6)39-35(40)32-20-25-11-14-28(43-27-15-12-26(13-16-27)37(3,4)5)21-30(25)31(38-32)19-24-9-7-8-10-24/h11,14,17-18,20-21,24,26-27,33H,1,7-10,12-13,15-16,19,22H2,2-6H3,(H,39,40)/t26?,27?,33-/m0/s1. The number of hydrogen-bond acceptors (Lipinski definition) is 6. The fourth-order valence-corrected chi connectivity index (χ4v) is 7.83. The van der Waals surface area contributed by atoms with Crippen LogP contribution >= 0.6 is 11.3 Å². The molecule has 0 bridgehead atoms. The minimum atomic E-state index is -0.816. The summed E-state index contributed by atoms with van der Waals surface area (Å²) in [7, 11) is 1.35. The number of carbonyl (C=O) groups is 2. The van der Waals surface area contributed by atoms with Crippen LogP contribution in [0.3, 0.4) is 0 Å². The van der Waals surface area contributed by atoms with Crippen LogP contribution in [0.1, 0.15) is 105 Å². The Hall–Kier alpha value is -3.19. The number of pyridine rings is 1. The van der Waals surface area contributed by atoms with Crippen LogP contribution in [0.25, 0.3) is 16.3 Å². The van der Waals surface area contributed by atoms with Crippen molar-refractivity contribution in [1.82, 2.24) is 10.3 Å². The first-order valence-electron chi connectivity index (χ1n) is 16.2. The van der Waals surface area contributed by atoms with Gasteiger partial charge in [0.25, 0.3) is 5.91 Å². The van der Waals surface area contributed by atoms with E-state index in [-0.39, 0.29) is 12.0 Å². The molecule has 6 nitrogen and oxygen atoms in total. The molecule has 1 aromatic carbocycles. The molecule has 2 fully saturated rings. The smallest absolute Gasteiger partial charge is 0.328 e. The molecule has 236 valence electrons. The highest BCUT2D eigenvalue weighted by Gasteiger charge is 2.31. The first-order chi connectivity index (χ1) is 21.0. The maximum absolute atomic E-state index is 13.6. The molecule has 0 unspecified atom stereocenters. The number of thiophene rings is 1. The van der Waals surface area contributed by atoms with Gasteiger partial charge in [0, 0.05) is 27.3 Å². The van der Waals surface area contributed by atoms with Crippen LogP contribution in [0.5, 0.6) is 5.75 Å². The molecule has 7 heteroatoms. The molecular weight excluding hydrogens is 568 g/mol.